The van der Waals surface area contributed by atoms with Crippen LogP contribution in [0.25, 0.3) is 0 Å². The molecule has 0 bridgehead atoms. The Morgan fingerprint density at radius 1 is 1.62 bits per heavy atom. The number of carbonyl (C=O) groups is 1. The van der Waals surface area contributed by atoms with E-state index in [1.807, 2.05) is 6.92 Å². The largest absolute Gasteiger partial charge is 0.351 e. The van der Waals surface area contributed by atoms with Gasteiger partial charge in [-0.05, 0) is 31.9 Å². The van der Waals surface area contributed by atoms with Crippen LogP contribution in [-0.4, -0.2) is 23.3 Å². The Hall–Kier alpha value is -1.09. The fourth-order valence-electron chi connectivity index (χ4n) is 1.62. The Labute approximate surface area is 100 Å². The molecule has 1 saturated carbocycles. The van der Waals surface area contributed by atoms with Crippen molar-refractivity contribution in [2.75, 3.05) is 12.4 Å². The van der Waals surface area contributed by atoms with Crippen LogP contribution in [0.15, 0.2) is 18.3 Å². The summed E-state index contributed by atoms with van der Waals surface area (Å²) in [6, 6.07) is 3.56. The summed E-state index contributed by atoms with van der Waals surface area (Å²) in [6.07, 6.45) is 3.92. The second-order valence-corrected chi connectivity index (χ2v) is 4.72. The molecule has 2 rings (SSSR count). The summed E-state index contributed by atoms with van der Waals surface area (Å²) in [5, 5.41) is 2.93. The van der Waals surface area contributed by atoms with Gasteiger partial charge >= 0.3 is 0 Å². The van der Waals surface area contributed by atoms with Crippen molar-refractivity contribution in [3.8, 4) is 0 Å². The standard InChI is InChI=1S/C12H15ClN2O/c1-9-10(3-2-6-14-9)11(16)15-8-12(7-13)4-5-12/h2-3,6H,4-5,7-8H2,1H3,(H,15,16). The molecule has 0 aliphatic heterocycles. The monoisotopic (exact) mass is 238 g/mol. The van der Waals surface area contributed by atoms with Gasteiger partial charge in [-0.25, -0.2) is 0 Å². The van der Waals surface area contributed by atoms with Crippen molar-refractivity contribution in [3.63, 3.8) is 0 Å². The quantitative estimate of drug-likeness (QED) is 0.817. The van der Waals surface area contributed by atoms with Gasteiger partial charge in [0, 0.05) is 29.7 Å². The predicted octanol–water partition coefficient (Wildman–Crippen LogP) is 2.14. The van der Waals surface area contributed by atoms with Crippen LogP contribution in [0.3, 0.4) is 0 Å². The van der Waals surface area contributed by atoms with Gasteiger partial charge in [0.15, 0.2) is 0 Å². The molecule has 0 aromatic carbocycles. The van der Waals surface area contributed by atoms with Gasteiger partial charge in [-0.15, -0.1) is 11.6 Å². The maximum atomic E-state index is 11.9. The zero-order valence-electron chi connectivity index (χ0n) is 9.29. The number of carbonyl (C=O) groups excluding carboxylic acids is 1. The second-order valence-electron chi connectivity index (χ2n) is 4.45. The third-order valence-electron chi connectivity index (χ3n) is 3.12. The molecule has 1 aliphatic carbocycles. The Balaban J connectivity index is 1.96. The fourth-order valence-corrected chi connectivity index (χ4v) is 1.98. The Kier molecular flexibility index (Phi) is 3.15. The molecular formula is C12H15ClN2O. The highest BCUT2D eigenvalue weighted by atomic mass is 35.5. The summed E-state index contributed by atoms with van der Waals surface area (Å²) < 4.78 is 0. The lowest BCUT2D eigenvalue weighted by molar-refractivity contribution is 0.0945. The predicted molar refractivity (Wildman–Crippen MR) is 63.7 cm³/mol. The minimum atomic E-state index is -0.0537. The highest BCUT2D eigenvalue weighted by Gasteiger charge is 2.41. The van der Waals surface area contributed by atoms with E-state index in [1.54, 1.807) is 18.3 Å². The maximum absolute atomic E-state index is 11.9. The lowest BCUT2D eigenvalue weighted by atomic mass is 10.1. The molecule has 86 valence electrons. The third kappa shape index (κ3) is 2.35. The molecule has 1 aromatic rings. The van der Waals surface area contributed by atoms with E-state index in [0.29, 0.717) is 18.0 Å². The molecule has 1 aromatic heterocycles. The van der Waals surface area contributed by atoms with Crippen LogP contribution in [0, 0.1) is 12.3 Å². The van der Waals surface area contributed by atoms with Crippen molar-refractivity contribution < 1.29 is 4.79 Å². The summed E-state index contributed by atoms with van der Waals surface area (Å²) in [7, 11) is 0. The SMILES string of the molecule is Cc1ncccc1C(=O)NCC1(CCl)CC1. The number of hydrogen-bond donors (Lipinski definition) is 1. The number of rotatable bonds is 4. The van der Waals surface area contributed by atoms with E-state index < -0.39 is 0 Å². The highest BCUT2D eigenvalue weighted by molar-refractivity contribution is 6.18. The molecule has 16 heavy (non-hydrogen) atoms. The van der Waals surface area contributed by atoms with Gasteiger partial charge in [0.2, 0.25) is 0 Å². The lowest BCUT2D eigenvalue weighted by Gasteiger charge is -2.12. The number of nitrogens with zero attached hydrogens (tertiary/aromatic N) is 1. The number of aryl methyl sites for hydroxylation is 1. The number of pyridine rings is 1. The molecule has 1 heterocycles. The fraction of sp³-hybridized carbons (Fsp3) is 0.500. The normalized spacial score (nSPS) is 16.9. The first-order valence-corrected chi connectivity index (χ1v) is 5.96. The Bertz CT molecular complexity index is 402. The zero-order valence-corrected chi connectivity index (χ0v) is 10.0. The topological polar surface area (TPSA) is 42.0 Å². The summed E-state index contributed by atoms with van der Waals surface area (Å²) >= 11 is 5.85. The smallest absolute Gasteiger partial charge is 0.253 e. The lowest BCUT2D eigenvalue weighted by Crippen LogP contribution is -2.31. The van der Waals surface area contributed by atoms with Crippen molar-refractivity contribution in [3.05, 3.63) is 29.6 Å². The zero-order chi connectivity index (χ0) is 11.6. The van der Waals surface area contributed by atoms with Gasteiger partial charge in [-0.3, -0.25) is 9.78 Å². The third-order valence-corrected chi connectivity index (χ3v) is 3.68. The number of aromatic nitrogens is 1. The Morgan fingerprint density at radius 2 is 2.38 bits per heavy atom. The average molecular weight is 239 g/mol. The molecule has 4 heteroatoms. The molecule has 1 amide bonds. The minimum Gasteiger partial charge on any atom is -0.351 e. The second kappa shape index (κ2) is 4.42. The molecule has 0 saturated heterocycles. The van der Waals surface area contributed by atoms with Crippen LogP contribution in [0.1, 0.15) is 28.9 Å². The molecule has 0 atom stereocenters. The van der Waals surface area contributed by atoms with Crippen LogP contribution < -0.4 is 5.32 Å². The van der Waals surface area contributed by atoms with Crippen LogP contribution >= 0.6 is 11.6 Å². The van der Waals surface area contributed by atoms with E-state index in [1.165, 1.54) is 0 Å². The molecule has 1 fully saturated rings. The molecule has 1 N–H and O–H groups in total. The van der Waals surface area contributed by atoms with E-state index in [-0.39, 0.29) is 11.3 Å². The Morgan fingerprint density at radius 3 is 2.94 bits per heavy atom. The van der Waals surface area contributed by atoms with Crippen molar-refractivity contribution in [2.24, 2.45) is 5.41 Å². The van der Waals surface area contributed by atoms with Crippen LogP contribution in [0.5, 0.6) is 0 Å². The first kappa shape index (κ1) is 11.4. The van der Waals surface area contributed by atoms with Crippen LogP contribution in [-0.2, 0) is 0 Å². The van der Waals surface area contributed by atoms with E-state index in [2.05, 4.69) is 10.3 Å². The minimum absolute atomic E-state index is 0.0537. The molecule has 3 nitrogen and oxygen atoms in total. The van der Waals surface area contributed by atoms with Gasteiger partial charge in [0.1, 0.15) is 0 Å². The summed E-state index contributed by atoms with van der Waals surface area (Å²) in [5.74, 6) is 0.571. The number of amides is 1. The van der Waals surface area contributed by atoms with Crippen LogP contribution in [0.4, 0.5) is 0 Å². The van der Waals surface area contributed by atoms with E-state index >= 15 is 0 Å². The van der Waals surface area contributed by atoms with Crippen molar-refractivity contribution in [2.45, 2.75) is 19.8 Å². The van der Waals surface area contributed by atoms with Crippen molar-refractivity contribution in [1.82, 2.24) is 10.3 Å². The van der Waals surface area contributed by atoms with Gasteiger partial charge in [-0.1, -0.05) is 0 Å². The van der Waals surface area contributed by atoms with Crippen LogP contribution in [0.2, 0.25) is 0 Å². The molecule has 1 aliphatic rings. The molecule has 0 unspecified atom stereocenters. The van der Waals surface area contributed by atoms with E-state index in [4.69, 9.17) is 11.6 Å². The van der Waals surface area contributed by atoms with Gasteiger partial charge in [0.05, 0.1) is 5.56 Å². The van der Waals surface area contributed by atoms with E-state index in [0.717, 1.165) is 18.5 Å². The number of nitrogens with one attached hydrogen (secondary N) is 1. The van der Waals surface area contributed by atoms with Crippen molar-refractivity contribution >= 4 is 17.5 Å². The maximum Gasteiger partial charge on any atom is 0.253 e. The first-order valence-electron chi connectivity index (χ1n) is 5.43. The highest BCUT2D eigenvalue weighted by Crippen LogP contribution is 2.45. The summed E-state index contributed by atoms with van der Waals surface area (Å²) in [6.45, 7) is 2.51. The number of hydrogen-bond acceptors (Lipinski definition) is 2. The van der Waals surface area contributed by atoms with Gasteiger partial charge in [0.25, 0.3) is 5.91 Å². The molecule has 0 radical (unpaired) electrons. The molecule has 0 spiro atoms. The molecular weight excluding hydrogens is 224 g/mol. The summed E-state index contributed by atoms with van der Waals surface area (Å²) in [4.78, 5) is 16.0. The summed E-state index contributed by atoms with van der Waals surface area (Å²) in [5.41, 5.74) is 1.57. The van der Waals surface area contributed by atoms with Crippen molar-refractivity contribution in [1.29, 1.82) is 0 Å². The number of halogens is 1. The average Bonchev–Trinajstić information content (AvgIpc) is 3.07. The number of alkyl halides is 1. The first-order chi connectivity index (χ1) is 7.67. The van der Waals surface area contributed by atoms with E-state index in [9.17, 15) is 4.79 Å². The van der Waals surface area contributed by atoms with Gasteiger partial charge in [-0.2, -0.15) is 0 Å². The van der Waals surface area contributed by atoms with Gasteiger partial charge < -0.3 is 5.32 Å².